The fourth-order valence-electron chi connectivity index (χ4n) is 3.44. The molecule has 0 saturated carbocycles. The number of rotatable bonds is 8. The molecule has 2 aromatic rings. The van der Waals surface area contributed by atoms with Crippen LogP contribution >= 0.6 is 0 Å². The van der Waals surface area contributed by atoms with Crippen LogP contribution in [0.3, 0.4) is 0 Å². The molecule has 29 heavy (non-hydrogen) atoms. The number of amides is 1. The smallest absolute Gasteiger partial charge is 0.269 e. The van der Waals surface area contributed by atoms with Crippen molar-refractivity contribution in [3.05, 3.63) is 64.2 Å². The number of nitro groups is 1. The molecule has 1 aliphatic rings. The summed E-state index contributed by atoms with van der Waals surface area (Å²) in [5.74, 6) is 0.811. The minimum absolute atomic E-state index is 0.0291. The first-order valence-corrected chi connectivity index (χ1v) is 9.67. The molecular weight excluding hydrogens is 372 g/mol. The Morgan fingerprint density at radius 1 is 1.10 bits per heavy atom. The fourth-order valence-corrected chi connectivity index (χ4v) is 3.44. The van der Waals surface area contributed by atoms with Crippen molar-refractivity contribution in [3.8, 4) is 5.75 Å². The Bertz CT molecular complexity index is 833. The molecule has 1 aliphatic heterocycles. The number of nitrogens with zero attached hydrogens (tertiary/aromatic N) is 3. The first kappa shape index (κ1) is 20.6. The van der Waals surface area contributed by atoms with E-state index in [1.54, 1.807) is 19.2 Å². The number of para-hydroxylation sites is 2. The minimum atomic E-state index is -0.447. The van der Waals surface area contributed by atoms with Gasteiger partial charge in [0.2, 0.25) is 5.91 Å². The molecule has 0 aliphatic carbocycles. The lowest BCUT2D eigenvalue weighted by molar-refractivity contribution is -0.384. The van der Waals surface area contributed by atoms with Gasteiger partial charge in [0.1, 0.15) is 5.75 Å². The Morgan fingerprint density at radius 2 is 1.79 bits per heavy atom. The number of non-ortho nitro benzene ring substituents is 1. The number of ether oxygens (including phenoxy) is 1. The molecule has 1 fully saturated rings. The van der Waals surface area contributed by atoms with Gasteiger partial charge in [0.25, 0.3) is 5.69 Å². The largest absolute Gasteiger partial charge is 0.495 e. The summed E-state index contributed by atoms with van der Waals surface area (Å²) in [5.41, 5.74) is 1.91. The van der Waals surface area contributed by atoms with Crippen molar-refractivity contribution in [2.45, 2.75) is 6.42 Å². The molecule has 0 unspecified atom stereocenters. The number of methoxy groups -OCH3 is 1. The average molecular weight is 398 g/mol. The van der Waals surface area contributed by atoms with Crippen molar-refractivity contribution in [2.75, 3.05) is 51.3 Å². The molecule has 1 amide bonds. The normalized spacial score (nSPS) is 14.4. The number of nitrogens with one attached hydrogen (secondary N) is 1. The second-order valence-electron chi connectivity index (χ2n) is 6.95. The van der Waals surface area contributed by atoms with E-state index in [0.717, 1.165) is 49.7 Å². The molecule has 0 spiro atoms. The monoisotopic (exact) mass is 398 g/mol. The molecule has 8 heteroatoms. The summed E-state index contributed by atoms with van der Waals surface area (Å²) < 4.78 is 5.45. The Balaban J connectivity index is 1.38. The Kier molecular flexibility index (Phi) is 7.02. The van der Waals surface area contributed by atoms with Gasteiger partial charge in [-0.1, -0.05) is 24.3 Å². The molecular formula is C21H26N4O4. The zero-order valence-electron chi connectivity index (χ0n) is 16.5. The molecule has 0 aromatic heterocycles. The maximum atomic E-state index is 12.1. The molecule has 0 radical (unpaired) electrons. The van der Waals surface area contributed by atoms with Crippen molar-refractivity contribution < 1.29 is 14.5 Å². The van der Waals surface area contributed by atoms with Crippen molar-refractivity contribution in [1.82, 2.24) is 10.2 Å². The highest BCUT2D eigenvalue weighted by Gasteiger charge is 2.19. The summed E-state index contributed by atoms with van der Waals surface area (Å²) in [4.78, 5) is 27.0. The summed E-state index contributed by atoms with van der Waals surface area (Å²) >= 11 is 0. The van der Waals surface area contributed by atoms with Crippen LogP contribution in [-0.2, 0) is 11.2 Å². The highest BCUT2D eigenvalue weighted by Crippen LogP contribution is 2.28. The van der Waals surface area contributed by atoms with E-state index in [4.69, 9.17) is 4.74 Å². The van der Waals surface area contributed by atoms with Gasteiger partial charge in [0.15, 0.2) is 0 Å². The van der Waals surface area contributed by atoms with Gasteiger partial charge in [-0.25, -0.2) is 0 Å². The van der Waals surface area contributed by atoms with Crippen LogP contribution in [0.15, 0.2) is 48.5 Å². The number of carbonyl (C=O) groups excluding carboxylic acids is 1. The third-order valence-corrected chi connectivity index (χ3v) is 5.06. The maximum absolute atomic E-state index is 12.1. The van der Waals surface area contributed by atoms with Crippen molar-refractivity contribution >= 4 is 17.3 Å². The van der Waals surface area contributed by atoms with Crippen LogP contribution in [0.2, 0.25) is 0 Å². The van der Waals surface area contributed by atoms with E-state index in [1.165, 1.54) is 12.1 Å². The highest BCUT2D eigenvalue weighted by molar-refractivity contribution is 5.78. The molecule has 1 heterocycles. The molecule has 8 nitrogen and oxygen atoms in total. The van der Waals surface area contributed by atoms with Crippen LogP contribution < -0.4 is 15.0 Å². The lowest BCUT2D eigenvalue weighted by Gasteiger charge is -2.36. The van der Waals surface area contributed by atoms with Gasteiger partial charge in [0.05, 0.1) is 24.1 Å². The number of hydrogen-bond donors (Lipinski definition) is 1. The van der Waals surface area contributed by atoms with Crippen molar-refractivity contribution in [3.63, 3.8) is 0 Å². The summed E-state index contributed by atoms with van der Waals surface area (Å²) in [6.45, 7) is 5.06. The Morgan fingerprint density at radius 3 is 2.45 bits per heavy atom. The van der Waals surface area contributed by atoms with Crippen LogP contribution in [0.4, 0.5) is 11.4 Å². The van der Waals surface area contributed by atoms with E-state index >= 15 is 0 Å². The predicted octanol–water partition coefficient (Wildman–Crippen LogP) is 2.08. The molecule has 0 bridgehead atoms. The van der Waals surface area contributed by atoms with Crippen LogP contribution in [-0.4, -0.2) is 62.1 Å². The Labute approximate surface area is 170 Å². The minimum Gasteiger partial charge on any atom is -0.495 e. The average Bonchev–Trinajstić information content (AvgIpc) is 2.74. The summed E-state index contributed by atoms with van der Waals surface area (Å²) in [6, 6.07) is 14.1. The lowest BCUT2D eigenvalue weighted by Crippen LogP contribution is -2.48. The second kappa shape index (κ2) is 9.88. The summed E-state index contributed by atoms with van der Waals surface area (Å²) in [7, 11) is 1.69. The van der Waals surface area contributed by atoms with Gasteiger partial charge in [-0.05, 0) is 17.7 Å². The van der Waals surface area contributed by atoms with Gasteiger partial charge >= 0.3 is 0 Å². The fraction of sp³-hybridized carbons (Fsp3) is 0.381. The van der Waals surface area contributed by atoms with E-state index in [9.17, 15) is 14.9 Å². The van der Waals surface area contributed by atoms with E-state index in [-0.39, 0.29) is 18.0 Å². The number of piperazine rings is 1. The van der Waals surface area contributed by atoms with E-state index in [1.807, 2.05) is 18.2 Å². The molecule has 3 rings (SSSR count). The summed E-state index contributed by atoms with van der Waals surface area (Å²) in [5, 5.41) is 13.6. The summed E-state index contributed by atoms with van der Waals surface area (Å²) in [6.07, 6.45) is 0.222. The van der Waals surface area contributed by atoms with Crippen LogP contribution in [0, 0.1) is 10.1 Å². The first-order valence-electron chi connectivity index (χ1n) is 9.67. The molecule has 154 valence electrons. The molecule has 0 atom stereocenters. The zero-order chi connectivity index (χ0) is 20.6. The quantitative estimate of drug-likeness (QED) is 0.541. The SMILES string of the molecule is COc1ccccc1N1CCN(CCNC(=O)Cc2ccc([N+](=O)[O-])cc2)CC1. The zero-order valence-corrected chi connectivity index (χ0v) is 16.5. The lowest BCUT2D eigenvalue weighted by atomic mass is 10.1. The van der Waals surface area contributed by atoms with Crippen LogP contribution in [0.25, 0.3) is 0 Å². The highest BCUT2D eigenvalue weighted by atomic mass is 16.6. The van der Waals surface area contributed by atoms with Crippen LogP contribution in [0.1, 0.15) is 5.56 Å². The standard InChI is InChI=1S/C21H26N4O4/c1-29-20-5-3-2-4-19(20)24-14-12-23(13-15-24)11-10-22-21(26)16-17-6-8-18(9-7-17)25(27)28/h2-9H,10-16H2,1H3,(H,22,26). The topological polar surface area (TPSA) is 88.0 Å². The van der Waals surface area contributed by atoms with E-state index < -0.39 is 4.92 Å². The van der Waals surface area contributed by atoms with Crippen molar-refractivity contribution in [2.24, 2.45) is 0 Å². The predicted molar refractivity (Wildman–Crippen MR) is 111 cm³/mol. The second-order valence-corrected chi connectivity index (χ2v) is 6.95. The molecule has 1 N–H and O–H groups in total. The third kappa shape index (κ3) is 5.68. The van der Waals surface area contributed by atoms with E-state index in [0.29, 0.717) is 6.54 Å². The molecule has 2 aromatic carbocycles. The maximum Gasteiger partial charge on any atom is 0.269 e. The number of nitro benzene ring substituents is 1. The van der Waals surface area contributed by atoms with E-state index in [2.05, 4.69) is 21.2 Å². The van der Waals surface area contributed by atoms with Crippen molar-refractivity contribution in [1.29, 1.82) is 0 Å². The van der Waals surface area contributed by atoms with Gasteiger partial charge < -0.3 is 15.0 Å². The van der Waals surface area contributed by atoms with Crippen LogP contribution in [0.5, 0.6) is 5.75 Å². The Hall–Kier alpha value is -3.13. The van der Waals surface area contributed by atoms with Gasteiger partial charge in [-0.2, -0.15) is 0 Å². The number of benzene rings is 2. The first-order chi connectivity index (χ1) is 14.1. The number of hydrogen-bond acceptors (Lipinski definition) is 6. The number of anilines is 1. The van der Waals surface area contributed by atoms with Gasteiger partial charge in [-0.15, -0.1) is 0 Å². The van der Waals surface area contributed by atoms with Gasteiger partial charge in [0, 0.05) is 51.4 Å². The molecule has 1 saturated heterocycles. The van der Waals surface area contributed by atoms with Gasteiger partial charge in [-0.3, -0.25) is 19.8 Å². The third-order valence-electron chi connectivity index (χ3n) is 5.06. The number of carbonyl (C=O) groups is 1.